The Kier molecular flexibility index (Phi) is 19.5. The maximum Gasteiger partial charge on any atom is 0.329 e. The fourth-order valence-electron chi connectivity index (χ4n) is 3.32. The van der Waals surface area contributed by atoms with E-state index in [1.165, 1.54) is 0 Å². The van der Waals surface area contributed by atoms with Crippen molar-refractivity contribution < 1.29 is 51.6 Å². The molecule has 1 amide bonds. The molecule has 0 fully saturated rings. The van der Waals surface area contributed by atoms with Gasteiger partial charge in [0.2, 0.25) is 5.91 Å². The molecule has 0 radical (unpaired) electrons. The number of unbranched alkanes of at least 4 members (excludes halogenated alkanes) is 2. The van der Waals surface area contributed by atoms with Crippen LogP contribution in [0.15, 0.2) is 15.4 Å². The molecule has 0 spiro atoms. The van der Waals surface area contributed by atoms with Gasteiger partial charge in [0, 0.05) is 32.4 Å². The van der Waals surface area contributed by atoms with Crippen molar-refractivity contribution in [1.29, 1.82) is 0 Å². The molecule has 1 heterocycles. The minimum Gasteiger partial charge on any atom is -0.480 e. The van der Waals surface area contributed by atoms with Crippen molar-refractivity contribution in [2.45, 2.75) is 44.9 Å². The largest absolute Gasteiger partial charge is 0.480 e. The molecule has 0 atom stereocenters. The molecule has 15 nitrogen and oxygen atoms in total. The molecule has 1 aliphatic rings. The van der Waals surface area contributed by atoms with Crippen LogP contribution in [0.25, 0.3) is 0 Å². The second-order valence-corrected chi connectivity index (χ2v) is 11.1. The highest BCUT2D eigenvalue weighted by Gasteiger charge is 2.19. The van der Waals surface area contributed by atoms with Gasteiger partial charge in [0.15, 0.2) is 15.6 Å². The third-order valence-corrected chi connectivity index (χ3v) is 6.88. The van der Waals surface area contributed by atoms with E-state index in [9.17, 15) is 27.6 Å². The van der Waals surface area contributed by atoms with Gasteiger partial charge >= 0.3 is 5.97 Å². The van der Waals surface area contributed by atoms with Gasteiger partial charge in [0.25, 0.3) is 0 Å². The smallest absolute Gasteiger partial charge is 0.329 e. The first-order valence-corrected chi connectivity index (χ1v) is 15.0. The third-order valence-electron chi connectivity index (χ3n) is 5.21. The zero-order chi connectivity index (χ0) is 29.5. The Bertz CT molecular complexity index is 954. The molecule has 0 aliphatic carbocycles. The average Bonchev–Trinajstić information content (AvgIpc) is 3.38. The molecule has 0 aromatic heterocycles. The molecule has 228 valence electrons. The number of carbonyl (C=O) groups is 4. The van der Waals surface area contributed by atoms with Gasteiger partial charge in [-0.25, -0.2) is 13.2 Å². The maximum absolute atomic E-state index is 12.1. The minimum absolute atomic E-state index is 0.00558. The van der Waals surface area contributed by atoms with Crippen LogP contribution in [0.1, 0.15) is 44.9 Å². The summed E-state index contributed by atoms with van der Waals surface area (Å²) < 4.78 is 44.8. The van der Waals surface area contributed by atoms with Crippen LogP contribution in [0.5, 0.6) is 0 Å². The van der Waals surface area contributed by atoms with E-state index in [1.54, 1.807) is 0 Å². The van der Waals surface area contributed by atoms with Crippen LogP contribution in [0.3, 0.4) is 0 Å². The molecule has 0 bridgehead atoms. The summed E-state index contributed by atoms with van der Waals surface area (Å²) in [5.74, 6) is -2.56. The highest BCUT2D eigenvalue weighted by Crippen LogP contribution is 2.07. The number of nitrogens with zero attached hydrogens (tertiary/aromatic N) is 3. The molecular formula is C24H40N4O11S. The fourth-order valence-corrected chi connectivity index (χ4v) is 4.64. The summed E-state index contributed by atoms with van der Waals surface area (Å²) in [5.41, 5.74) is 0.453. The van der Waals surface area contributed by atoms with E-state index in [2.05, 4.69) is 20.8 Å². The van der Waals surface area contributed by atoms with Gasteiger partial charge in [-0.2, -0.15) is 5.11 Å². The van der Waals surface area contributed by atoms with Crippen LogP contribution in [0.4, 0.5) is 0 Å². The van der Waals surface area contributed by atoms with Gasteiger partial charge in [0.05, 0.1) is 44.5 Å². The Hall–Kier alpha value is -2.66. The predicted octanol–water partition coefficient (Wildman–Crippen LogP) is 0.359. The number of sulfone groups is 1. The molecule has 0 saturated carbocycles. The topological polar surface area (TPSA) is 209 Å². The van der Waals surface area contributed by atoms with Crippen molar-refractivity contribution in [1.82, 2.24) is 5.32 Å². The van der Waals surface area contributed by atoms with Crippen molar-refractivity contribution in [3.8, 4) is 0 Å². The average molecular weight is 593 g/mol. The van der Waals surface area contributed by atoms with E-state index in [1.807, 2.05) is 0 Å². The highest BCUT2D eigenvalue weighted by molar-refractivity contribution is 7.92. The molecule has 0 aromatic rings. The quantitative estimate of drug-likeness (QED) is 0.124. The van der Waals surface area contributed by atoms with Crippen LogP contribution in [0, 0.1) is 0 Å². The lowest BCUT2D eigenvalue weighted by molar-refractivity contribution is -0.142. The number of carboxylic acid groups (broad SMARTS) is 1. The Labute approximate surface area is 234 Å². The number of hydrogen-bond acceptors (Lipinski definition) is 13. The second kappa shape index (κ2) is 22.1. The van der Waals surface area contributed by atoms with Crippen molar-refractivity contribution in [3.63, 3.8) is 0 Å². The van der Waals surface area contributed by atoms with E-state index in [-0.39, 0.29) is 82.9 Å². The Morgan fingerprint density at radius 3 is 2.17 bits per heavy atom. The monoisotopic (exact) mass is 592 g/mol. The molecule has 16 heteroatoms. The number of ketones is 2. The normalized spacial score (nSPS) is 12.8. The number of carbonyl (C=O) groups excluding carboxylic acids is 3. The van der Waals surface area contributed by atoms with Crippen LogP contribution in [-0.2, 0) is 48.0 Å². The molecule has 2 N–H and O–H groups in total. The lowest BCUT2D eigenvalue weighted by Gasteiger charge is -2.08. The van der Waals surface area contributed by atoms with E-state index in [0.29, 0.717) is 38.3 Å². The van der Waals surface area contributed by atoms with Crippen molar-refractivity contribution in [3.05, 3.63) is 0 Å². The van der Waals surface area contributed by atoms with Gasteiger partial charge in [-0.05, 0) is 24.5 Å². The summed E-state index contributed by atoms with van der Waals surface area (Å²) in [5, 5.41) is 21.7. The van der Waals surface area contributed by atoms with Crippen molar-refractivity contribution in [2.75, 3.05) is 77.5 Å². The van der Waals surface area contributed by atoms with E-state index in [0.717, 1.165) is 12.8 Å². The SMILES string of the molecule is O=C(O)COCCOCCNC(=O)COCCOCCCCCC(=O)CCCS(=O)(=O)CC(=O)CC1=NN=NC1. The molecular weight excluding hydrogens is 552 g/mol. The number of carboxylic acids is 1. The Morgan fingerprint density at radius 2 is 1.48 bits per heavy atom. The summed E-state index contributed by atoms with van der Waals surface area (Å²) in [6.07, 6.45) is 2.88. The number of rotatable bonds is 27. The zero-order valence-corrected chi connectivity index (χ0v) is 23.5. The number of nitrogens with one attached hydrogen (secondary N) is 1. The first-order chi connectivity index (χ1) is 19.2. The molecule has 1 aliphatic heterocycles. The van der Waals surface area contributed by atoms with Gasteiger partial charge in [0.1, 0.15) is 31.3 Å². The second-order valence-electron chi connectivity index (χ2n) is 8.89. The van der Waals surface area contributed by atoms with Crippen molar-refractivity contribution in [2.24, 2.45) is 15.4 Å². The lowest BCUT2D eigenvalue weighted by atomic mass is 10.1. The van der Waals surface area contributed by atoms with Crippen LogP contribution < -0.4 is 5.32 Å². The lowest BCUT2D eigenvalue weighted by Crippen LogP contribution is -2.31. The third kappa shape index (κ3) is 21.2. The van der Waals surface area contributed by atoms with Crippen LogP contribution in [0.2, 0.25) is 0 Å². The Balaban J connectivity index is 1.87. The molecule has 1 rings (SSSR count). The summed E-state index contributed by atoms with van der Waals surface area (Å²) in [6.45, 7) is 1.80. The molecule has 40 heavy (non-hydrogen) atoms. The van der Waals surface area contributed by atoms with Gasteiger partial charge < -0.3 is 29.4 Å². The minimum atomic E-state index is -3.57. The van der Waals surface area contributed by atoms with Crippen LogP contribution in [-0.4, -0.2) is 120 Å². The summed E-state index contributed by atoms with van der Waals surface area (Å²) in [7, 11) is -3.57. The van der Waals surface area contributed by atoms with Gasteiger partial charge in [-0.1, -0.05) is 6.42 Å². The zero-order valence-electron chi connectivity index (χ0n) is 22.7. The summed E-state index contributed by atoms with van der Waals surface area (Å²) >= 11 is 0. The van der Waals surface area contributed by atoms with Crippen molar-refractivity contribution >= 4 is 39.0 Å². The number of hydrogen-bond donors (Lipinski definition) is 2. The predicted molar refractivity (Wildman–Crippen MR) is 142 cm³/mol. The number of ether oxygens (including phenoxy) is 4. The first kappa shape index (κ1) is 35.4. The van der Waals surface area contributed by atoms with E-state index < -0.39 is 27.3 Å². The first-order valence-electron chi connectivity index (χ1n) is 13.1. The standard InChI is InChI=1S/C24H40N4O11S/c29-21(6-4-14-40(34,35)19-22(30)15-20-16-26-28-27-20)5-2-1-3-8-36-10-12-38-17-23(31)25-7-9-37-11-13-39-18-24(32)33/h1-19H2,(H,25,31)(H,32,33). The molecule has 0 unspecified atom stereocenters. The number of Topliss-reactive ketones (excluding diaryl/α,β-unsaturated/α-hetero) is 2. The fraction of sp³-hybridized carbons (Fsp3) is 0.792. The number of aliphatic carboxylic acids is 1. The van der Waals surface area contributed by atoms with E-state index >= 15 is 0 Å². The number of amides is 1. The molecule has 0 saturated heterocycles. The van der Waals surface area contributed by atoms with E-state index in [4.69, 9.17) is 24.1 Å². The summed E-state index contributed by atoms with van der Waals surface area (Å²) in [4.78, 5) is 45.7. The van der Waals surface area contributed by atoms with Gasteiger partial charge in [-0.3, -0.25) is 14.4 Å². The Morgan fingerprint density at radius 1 is 0.800 bits per heavy atom. The maximum atomic E-state index is 12.1. The highest BCUT2D eigenvalue weighted by atomic mass is 32.2. The summed E-state index contributed by atoms with van der Waals surface area (Å²) in [6, 6.07) is 0. The van der Waals surface area contributed by atoms with Crippen LogP contribution >= 0.6 is 0 Å². The molecule has 0 aromatic carbocycles. The van der Waals surface area contributed by atoms with Gasteiger partial charge in [-0.15, -0.1) is 5.10 Å².